The molecule has 1 nitrogen and oxygen atoms in total. The van der Waals surface area contributed by atoms with Gasteiger partial charge in [0, 0.05) is 6.42 Å². The van der Waals surface area contributed by atoms with E-state index in [2.05, 4.69) is 19.1 Å². The number of unbranched alkanes of at least 4 members (excludes halogenated alkanes) is 2. The fraction of sp³-hybridized carbons (Fsp3) is 0.583. The first-order chi connectivity index (χ1) is 6.31. The molecule has 0 aromatic heterocycles. The molecule has 0 fully saturated rings. The summed E-state index contributed by atoms with van der Waals surface area (Å²) in [5.41, 5.74) is 0. The van der Waals surface area contributed by atoms with Gasteiger partial charge in [0.15, 0.2) is 5.78 Å². The van der Waals surface area contributed by atoms with Gasteiger partial charge in [-0.1, -0.05) is 44.9 Å². The lowest BCUT2D eigenvalue weighted by Crippen LogP contribution is -1.85. The van der Waals surface area contributed by atoms with E-state index in [1.807, 2.05) is 13.0 Å². The zero-order valence-electron chi connectivity index (χ0n) is 8.75. The molecule has 0 aliphatic rings. The Labute approximate surface area is 81.5 Å². The molecular formula is C12H20O. The maximum Gasteiger partial charge on any atom is 0.155 e. The fourth-order valence-corrected chi connectivity index (χ4v) is 0.932. The van der Waals surface area contributed by atoms with Gasteiger partial charge >= 0.3 is 0 Å². The molecule has 0 aromatic carbocycles. The molecule has 0 amide bonds. The molecule has 0 bridgehead atoms. The second-order valence-electron chi connectivity index (χ2n) is 3.07. The highest BCUT2D eigenvalue weighted by atomic mass is 16.1. The number of hydrogen-bond acceptors (Lipinski definition) is 1. The summed E-state index contributed by atoms with van der Waals surface area (Å²) in [6.45, 7) is 4.07. The Balaban J connectivity index is 3.38. The quantitative estimate of drug-likeness (QED) is 0.332. The van der Waals surface area contributed by atoms with Gasteiger partial charge < -0.3 is 0 Å². The molecule has 0 heterocycles. The highest BCUT2D eigenvalue weighted by molar-refractivity contribution is 5.89. The van der Waals surface area contributed by atoms with Gasteiger partial charge in [0.2, 0.25) is 0 Å². The van der Waals surface area contributed by atoms with Crippen molar-refractivity contribution in [2.75, 3.05) is 0 Å². The Bertz CT molecular complexity index is 178. The molecule has 1 heteroatoms. The minimum atomic E-state index is 0.210. The second-order valence-corrected chi connectivity index (χ2v) is 3.07. The lowest BCUT2D eigenvalue weighted by Gasteiger charge is -1.87. The van der Waals surface area contributed by atoms with Crippen molar-refractivity contribution in [3.63, 3.8) is 0 Å². The summed E-state index contributed by atoms with van der Waals surface area (Å²) in [4.78, 5) is 10.8. The number of allylic oxidation sites excluding steroid dienone is 4. The first-order valence-corrected chi connectivity index (χ1v) is 5.15. The van der Waals surface area contributed by atoms with Crippen molar-refractivity contribution in [3.05, 3.63) is 24.3 Å². The predicted molar refractivity (Wildman–Crippen MR) is 57.7 cm³/mol. The summed E-state index contributed by atoms with van der Waals surface area (Å²) in [5.74, 6) is 0.210. The molecular weight excluding hydrogens is 160 g/mol. The van der Waals surface area contributed by atoms with Gasteiger partial charge in [0.25, 0.3) is 0 Å². The molecule has 74 valence electrons. The van der Waals surface area contributed by atoms with Crippen LogP contribution in [0.5, 0.6) is 0 Å². The molecule has 0 N–H and O–H groups in total. The zero-order chi connectivity index (χ0) is 9.94. The molecule has 0 spiro atoms. The number of carbonyl (C=O) groups is 1. The van der Waals surface area contributed by atoms with Gasteiger partial charge in [-0.2, -0.15) is 0 Å². The molecule has 0 saturated carbocycles. The van der Waals surface area contributed by atoms with E-state index in [4.69, 9.17) is 0 Å². The van der Waals surface area contributed by atoms with Crippen LogP contribution in [-0.2, 0) is 4.79 Å². The highest BCUT2D eigenvalue weighted by Crippen LogP contribution is 1.96. The van der Waals surface area contributed by atoms with Crippen LogP contribution in [0.2, 0.25) is 0 Å². The van der Waals surface area contributed by atoms with E-state index in [0.717, 1.165) is 12.8 Å². The Morgan fingerprint density at radius 3 is 2.54 bits per heavy atom. The Kier molecular flexibility index (Phi) is 8.64. The van der Waals surface area contributed by atoms with Crippen molar-refractivity contribution in [3.8, 4) is 0 Å². The standard InChI is InChI=1S/C12H20O/c1-3-5-6-7-8-9-10-11-12(13)4-2/h7-8,10-11H,3-6,9H2,1-2H3. The Morgan fingerprint density at radius 1 is 1.15 bits per heavy atom. The number of rotatable bonds is 7. The molecule has 0 aliphatic heterocycles. The summed E-state index contributed by atoms with van der Waals surface area (Å²) in [7, 11) is 0. The van der Waals surface area contributed by atoms with Gasteiger partial charge in [0.1, 0.15) is 0 Å². The maximum atomic E-state index is 10.8. The first kappa shape index (κ1) is 12.2. The van der Waals surface area contributed by atoms with Gasteiger partial charge in [-0.15, -0.1) is 0 Å². The number of hydrogen-bond donors (Lipinski definition) is 0. The average molecular weight is 180 g/mol. The number of carbonyl (C=O) groups excluding carboxylic acids is 1. The van der Waals surface area contributed by atoms with E-state index in [1.165, 1.54) is 12.8 Å². The van der Waals surface area contributed by atoms with Crippen molar-refractivity contribution in [2.24, 2.45) is 0 Å². The largest absolute Gasteiger partial charge is 0.295 e. The molecule has 0 unspecified atom stereocenters. The SMILES string of the molecule is CCCCC=CCC=CC(=O)CC. The third kappa shape index (κ3) is 9.06. The van der Waals surface area contributed by atoms with Crippen LogP contribution in [0.15, 0.2) is 24.3 Å². The van der Waals surface area contributed by atoms with E-state index >= 15 is 0 Å². The summed E-state index contributed by atoms with van der Waals surface area (Å²) in [6.07, 6.45) is 13.1. The van der Waals surface area contributed by atoms with Crippen molar-refractivity contribution in [1.82, 2.24) is 0 Å². The topological polar surface area (TPSA) is 17.1 Å². The van der Waals surface area contributed by atoms with Crippen LogP contribution in [0, 0.1) is 0 Å². The van der Waals surface area contributed by atoms with Crippen LogP contribution < -0.4 is 0 Å². The van der Waals surface area contributed by atoms with Gasteiger partial charge in [-0.25, -0.2) is 0 Å². The fourth-order valence-electron chi connectivity index (χ4n) is 0.932. The Morgan fingerprint density at radius 2 is 1.92 bits per heavy atom. The summed E-state index contributed by atoms with van der Waals surface area (Å²) in [5, 5.41) is 0. The van der Waals surface area contributed by atoms with Crippen molar-refractivity contribution in [1.29, 1.82) is 0 Å². The summed E-state index contributed by atoms with van der Waals surface area (Å²) >= 11 is 0. The third-order valence-corrected chi connectivity index (χ3v) is 1.82. The van der Waals surface area contributed by atoms with Gasteiger partial charge in [-0.05, 0) is 18.9 Å². The summed E-state index contributed by atoms with van der Waals surface area (Å²) < 4.78 is 0. The van der Waals surface area contributed by atoms with Gasteiger partial charge in [0.05, 0.1) is 0 Å². The molecule has 0 aromatic rings. The van der Waals surface area contributed by atoms with Crippen LogP contribution in [0.3, 0.4) is 0 Å². The normalized spacial score (nSPS) is 11.5. The predicted octanol–water partition coefficient (Wildman–Crippen LogP) is 3.66. The molecule has 0 saturated heterocycles. The minimum absolute atomic E-state index is 0.210. The summed E-state index contributed by atoms with van der Waals surface area (Å²) in [6, 6.07) is 0. The highest BCUT2D eigenvalue weighted by Gasteiger charge is 1.86. The first-order valence-electron chi connectivity index (χ1n) is 5.15. The van der Waals surface area contributed by atoms with E-state index < -0.39 is 0 Å². The van der Waals surface area contributed by atoms with Gasteiger partial charge in [-0.3, -0.25) is 4.79 Å². The average Bonchev–Trinajstić information content (AvgIpc) is 2.16. The van der Waals surface area contributed by atoms with Crippen molar-refractivity contribution < 1.29 is 4.79 Å². The van der Waals surface area contributed by atoms with E-state index in [-0.39, 0.29) is 5.78 Å². The Hall–Kier alpha value is -0.850. The second kappa shape index (κ2) is 9.24. The zero-order valence-corrected chi connectivity index (χ0v) is 8.75. The molecule has 0 rings (SSSR count). The van der Waals surface area contributed by atoms with Crippen LogP contribution in [-0.4, -0.2) is 5.78 Å². The molecule has 13 heavy (non-hydrogen) atoms. The van der Waals surface area contributed by atoms with Crippen LogP contribution in [0.1, 0.15) is 46.0 Å². The monoisotopic (exact) mass is 180 g/mol. The molecule has 0 aliphatic carbocycles. The lowest BCUT2D eigenvalue weighted by atomic mass is 10.2. The number of ketones is 1. The van der Waals surface area contributed by atoms with Crippen LogP contribution >= 0.6 is 0 Å². The smallest absolute Gasteiger partial charge is 0.155 e. The van der Waals surface area contributed by atoms with E-state index in [1.54, 1.807) is 6.08 Å². The molecule has 0 radical (unpaired) electrons. The minimum Gasteiger partial charge on any atom is -0.295 e. The van der Waals surface area contributed by atoms with Crippen LogP contribution in [0.4, 0.5) is 0 Å². The lowest BCUT2D eigenvalue weighted by molar-refractivity contribution is -0.114. The van der Waals surface area contributed by atoms with Crippen molar-refractivity contribution in [2.45, 2.75) is 46.0 Å². The molecule has 0 atom stereocenters. The maximum absolute atomic E-state index is 10.8. The third-order valence-electron chi connectivity index (χ3n) is 1.82. The van der Waals surface area contributed by atoms with E-state index in [9.17, 15) is 4.79 Å². The van der Waals surface area contributed by atoms with E-state index in [0.29, 0.717) is 6.42 Å². The van der Waals surface area contributed by atoms with Crippen LogP contribution in [0.25, 0.3) is 0 Å². The van der Waals surface area contributed by atoms with Crippen molar-refractivity contribution >= 4 is 5.78 Å².